The van der Waals surface area contributed by atoms with Crippen LogP contribution in [-0.4, -0.2) is 0 Å². The first kappa shape index (κ1) is 16.4. The summed E-state index contributed by atoms with van der Waals surface area (Å²) in [5, 5.41) is 0. The van der Waals surface area contributed by atoms with Gasteiger partial charge in [-0.1, -0.05) is 85.0 Å². The summed E-state index contributed by atoms with van der Waals surface area (Å²) in [5.41, 5.74) is 0.637. The third-order valence-electron chi connectivity index (χ3n) is 6.97. The largest absolute Gasteiger partial charge is 0.0651 e. The van der Waals surface area contributed by atoms with Crippen molar-refractivity contribution in [2.75, 3.05) is 0 Å². The molecule has 0 aromatic carbocycles. The Kier molecular flexibility index (Phi) is 6.43. The third kappa shape index (κ3) is 4.01. The molecular weight excluding hydrogens is 240 g/mol. The molecule has 0 saturated heterocycles. The summed E-state index contributed by atoms with van der Waals surface area (Å²) in [7, 11) is 0. The van der Waals surface area contributed by atoms with Crippen molar-refractivity contribution in [3.63, 3.8) is 0 Å². The number of hydrogen-bond acceptors (Lipinski definition) is 0. The Balaban J connectivity index is 1.97. The molecule has 118 valence electrons. The first-order valence-electron chi connectivity index (χ1n) is 9.69. The Morgan fingerprint density at radius 3 is 1.90 bits per heavy atom. The molecule has 0 aromatic heterocycles. The smallest absolute Gasteiger partial charge is 0.0297 e. The second-order valence-corrected chi connectivity index (χ2v) is 8.11. The minimum absolute atomic E-state index is 0.637. The van der Waals surface area contributed by atoms with Crippen LogP contribution in [0.15, 0.2) is 0 Å². The summed E-state index contributed by atoms with van der Waals surface area (Å²) in [5.74, 6) is 3.10. The average molecular weight is 279 g/mol. The lowest BCUT2D eigenvalue weighted by molar-refractivity contribution is 0.0709. The quantitative estimate of drug-likeness (QED) is 0.491. The van der Waals surface area contributed by atoms with Gasteiger partial charge >= 0.3 is 0 Å². The van der Waals surface area contributed by atoms with Crippen LogP contribution in [0.5, 0.6) is 0 Å². The minimum atomic E-state index is 0.637. The fraction of sp³-hybridized carbons (Fsp3) is 1.00. The van der Waals surface area contributed by atoms with Crippen molar-refractivity contribution >= 4 is 0 Å². The first-order valence-corrected chi connectivity index (χ1v) is 9.69. The predicted molar refractivity (Wildman–Crippen MR) is 89.9 cm³/mol. The van der Waals surface area contributed by atoms with Crippen molar-refractivity contribution in [1.82, 2.24) is 0 Å². The summed E-state index contributed by atoms with van der Waals surface area (Å²) in [4.78, 5) is 0. The first-order chi connectivity index (χ1) is 9.69. The molecule has 0 N–H and O–H groups in total. The van der Waals surface area contributed by atoms with E-state index >= 15 is 0 Å². The van der Waals surface area contributed by atoms with E-state index in [0.29, 0.717) is 5.41 Å². The molecule has 2 saturated carbocycles. The van der Waals surface area contributed by atoms with Crippen LogP contribution in [0.25, 0.3) is 0 Å². The molecular formula is C20H38. The molecule has 2 aliphatic rings. The minimum Gasteiger partial charge on any atom is -0.0651 e. The van der Waals surface area contributed by atoms with E-state index in [9.17, 15) is 0 Å². The van der Waals surface area contributed by atoms with Crippen LogP contribution in [-0.2, 0) is 0 Å². The maximum atomic E-state index is 2.63. The molecule has 2 atom stereocenters. The van der Waals surface area contributed by atoms with Crippen LogP contribution in [0, 0.1) is 23.2 Å². The maximum absolute atomic E-state index is 2.63. The Morgan fingerprint density at radius 2 is 1.40 bits per heavy atom. The van der Waals surface area contributed by atoms with Gasteiger partial charge in [0.25, 0.3) is 0 Å². The van der Waals surface area contributed by atoms with Crippen molar-refractivity contribution < 1.29 is 0 Å². The molecule has 0 heterocycles. The van der Waals surface area contributed by atoms with Gasteiger partial charge in [-0.05, 0) is 42.4 Å². The van der Waals surface area contributed by atoms with Crippen LogP contribution in [0.1, 0.15) is 104 Å². The summed E-state index contributed by atoms with van der Waals surface area (Å²) in [6, 6.07) is 0. The Labute approximate surface area is 128 Å². The van der Waals surface area contributed by atoms with Gasteiger partial charge in [0.15, 0.2) is 0 Å². The lowest BCUT2D eigenvalue weighted by Gasteiger charge is -2.44. The zero-order valence-corrected chi connectivity index (χ0v) is 14.4. The number of hydrogen-bond donors (Lipinski definition) is 0. The molecule has 2 fully saturated rings. The summed E-state index contributed by atoms with van der Waals surface area (Å²) < 4.78 is 0. The fourth-order valence-corrected chi connectivity index (χ4v) is 5.25. The molecule has 0 amide bonds. The van der Waals surface area contributed by atoms with Gasteiger partial charge in [-0.25, -0.2) is 0 Å². The maximum Gasteiger partial charge on any atom is -0.0297 e. The van der Waals surface area contributed by atoms with E-state index in [1.807, 2.05) is 0 Å². The second-order valence-electron chi connectivity index (χ2n) is 8.11. The molecule has 0 nitrogen and oxygen atoms in total. The van der Waals surface area contributed by atoms with Crippen LogP contribution >= 0.6 is 0 Å². The summed E-state index contributed by atoms with van der Waals surface area (Å²) in [6.45, 7) is 7.55. The third-order valence-corrected chi connectivity index (χ3v) is 6.97. The predicted octanol–water partition coefficient (Wildman–Crippen LogP) is 6.98. The fourth-order valence-electron chi connectivity index (χ4n) is 5.25. The van der Waals surface area contributed by atoms with E-state index in [-0.39, 0.29) is 0 Å². The van der Waals surface area contributed by atoms with Crippen LogP contribution in [0.4, 0.5) is 0 Å². The van der Waals surface area contributed by atoms with Gasteiger partial charge in [0.05, 0.1) is 0 Å². The van der Waals surface area contributed by atoms with Gasteiger partial charge in [0, 0.05) is 0 Å². The average Bonchev–Trinajstić information content (AvgIpc) is 2.54. The molecule has 2 unspecified atom stereocenters. The highest BCUT2D eigenvalue weighted by molar-refractivity contribution is 4.87. The molecule has 0 aromatic rings. The van der Waals surface area contributed by atoms with Crippen LogP contribution < -0.4 is 0 Å². The van der Waals surface area contributed by atoms with Gasteiger partial charge in [-0.3, -0.25) is 0 Å². The normalized spacial score (nSPS) is 27.1. The monoisotopic (exact) mass is 278 g/mol. The lowest BCUT2D eigenvalue weighted by Crippen LogP contribution is -2.33. The standard InChI is InChI=1S/C20H38/c1-4-17(18-12-8-6-9-13-18)16-20(3,5-2)19-14-10-7-11-15-19/h17-19H,4-16H2,1-3H3. The van der Waals surface area contributed by atoms with Gasteiger partial charge in [0.2, 0.25) is 0 Å². The highest BCUT2D eigenvalue weighted by atomic mass is 14.4. The van der Waals surface area contributed by atoms with Crippen molar-refractivity contribution in [1.29, 1.82) is 0 Å². The van der Waals surface area contributed by atoms with E-state index in [1.165, 1.54) is 83.5 Å². The summed E-state index contributed by atoms with van der Waals surface area (Å²) in [6.07, 6.45) is 19.5. The SMILES string of the molecule is CCC(CC(C)(CC)C1CCCCC1)C1CCCCC1. The van der Waals surface area contributed by atoms with Crippen molar-refractivity contribution in [2.24, 2.45) is 23.2 Å². The molecule has 2 rings (SSSR count). The van der Waals surface area contributed by atoms with Gasteiger partial charge in [-0.15, -0.1) is 0 Å². The Morgan fingerprint density at radius 1 is 0.850 bits per heavy atom. The van der Waals surface area contributed by atoms with E-state index in [4.69, 9.17) is 0 Å². The molecule has 0 aliphatic heterocycles. The number of rotatable bonds is 6. The topological polar surface area (TPSA) is 0 Å². The Bertz CT molecular complexity index is 257. The van der Waals surface area contributed by atoms with Crippen LogP contribution in [0.2, 0.25) is 0 Å². The highest BCUT2D eigenvalue weighted by Gasteiger charge is 2.37. The molecule has 0 spiro atoms. The van der Waals surface area contributed by atoms with Crippen molar-refractivity contribution in [2.45, 2.75) is 104 Å². The van der Waals surface area contributed by atoms with Crippen molar-refractivity contribution in [3.8, 4) is 0 Å². The zero-order valence-electron chi connectivity index (χ0n) is 14.4. The molecule has 0 bridgehead atoms. The van der Waals surface area contributed by atoms with Crippen LogP contribution in [0.3, 0.4) is 0 Å². The molecule has 2 aliphatic carbocycles. The van der Waals surface area contributed by atoms with Crippen molar-refractivity contribution in [3.05, 3.63) is 0 Å². The Hall–Kier alpha value is 0. The van der Waals surface area contributed by atoms with Gasteiger partial charge < -0.3 is 0 Å². The van der Waals surface area contributed by atoms with Gasteiger partial charge in [-0.2, -0.15) is 0 Å². The van der Waals surface area contributed by atoms with E-state index in [1.54, 1.807) is 0 Å². The van der Waals surface area contributed by atoms with E-state index in [2.05, 4.69) is 20.8 Å². The van der Waals surface area contributed by atoms with E-state index < -0.39 is 0 Å². The lowest BCUT2D eigenvalue weighted by atomic mass is 9.62. The highest BCUT2D eigenvalue weighted by Crippen LogP contribution is 2.48. The zero-order chi connectivity index (χ0) is 14.4. The van der Waals surface area contributed by atoms with E-state index in [0.717, 1.165) is 17.8 Å². The van der Waals surface area contributed by atoms with Gasteiger partial charge in [0.1, 0.15) is 0 Å². The second kappa shape index (κ2) is 7.85. The molecule has 20 heavy (non-hydrogen) atoms. The summed E-state index contributed by atoms with van der Waals surface area (Å²) >= 11 is 0. The molecule has 0 heteroatoms. The molecule has 0 radical (unpaired) electrons.